The molecule has 162 valence electrons. The van der Waals surface area contributed by atoms with Crippen molar-refractivity contribution in [3.05, 3.63) is 41.2 Å². The van der Waals surface area contributed by atoms with Crippen molar-refractivity contribution in [3.63, 3.8) is 0 Å². The molecule has 0 atom stereocenters. The summed E-state index contributed by atoms with van der Waals surface area (Å²) in [5.41, 5.74) is 9.66. The van der Waals surface area contributed by atoms with Gasteiger partial charge in [-0.25, -0.2) is 10.1 Å². The number of aromatic hydroxyl groups is 1. The van der Waals surface area contributed by atoms with E-state index in [0.717, 1.165) is 25.9 Å². The van der Waals surface area contributed by atoms with Crippen molar-refractivity contribution in [1.29, 1.82) is 0 Å². The van der Waals surface area contributed by atoms with Gasteiger partial charge in [0.25, 0.3) is 5.91 Å². The van der Waals surface area contributed by atoms with E-state index < -0.39 is 5.91 Å². The molecule has 0 saturated carbocycles. The number of likely N-dealkylation sites (tertiary alicyclic amines) is 1. The number of nitrogens with zero attached hydrogens (tertiary/aromatic N) is 7. The van der Waals surface area contributed by atoms with Gasteiger partial charge in [-0.1, -0.05) is 18.1 Å². The van der Waals surface area contributed by atoms with Gasteiger partial charge in [0.05, 0.1) is 11.9 Å². The van der Waals surface area contributed by atoms with Crippen LogP contribution in [0.4, 0.5) is 5.82 Å². The van der Waals surface area contributed by atoms with E-state index in [2.05, 4.69) is 40.7 Å². The lowest BCUT2D eigenvalue weighted by molar-refractivity contribution is 0.0947. The predicted molar refractivity (Wildman–Crippen MR) is 111 cm³/mol. The van der Waals surface area contributed by atoms with E-state index in [0.29, 0.717) is 17.8 Å². The van der Waals surface area contributed by atoms with Crippen molar-refractivity contribution < 1.29 is 14.5 Å². The maximum atomic E-state index is 12.8. The number of anilines is 1. The number of nitrogen functional groups attached to an aromatic ring is 1. The van der Waals surface area contributed by atoms with E-state index in [4.69, 9.17) is 5.73 Å². The van der Waals surface area contributed by atoms with E-state index in [1.165, 1.54) is 35.9 Å². The van der Waals surface area contributed by atoms with Crippen LogP contribution in [-0.4, -0.2) is 60.5 Å². The lowest BCUT2D eigenvalue weighted by Gasteiger charge is -2.20. The Hall–Kier alpha value is -3.80. The van der Waals surface area contributed by atoms with Gasteiger partial charge in [-0.3, -0.25) is 9.69 Å². The van der Waals surface area contributed by atoms with Crippen LogP contribution in [0, 0.1) is 0 Å². The highest BCUT2D eigenvalue weighted by molar-refractivity contribution is 5.94. The minimum Gasteiger partial charge on any atom is -0.508 e. The van der Waals surface area contributed by atoms with Crippen molar-refractivity contribution in [3.8, 4) is 11.6 Å². The molecule has 12 heteroatoms. The van der Waals surface area contributed by atoms with Crippen LogP contribution in [0.5, 0.6) is 5.75 Å². The van der Waals surface area contributed by atoms with Crippen LogP contribution in [0.25, 0.3) is 5.82 Å². The third kappa shape index (κ3) is 4.86. The van der Waals surface area contributed by atoms with Crippen LogP contribution >= 0.6 is 0 Å². The summed E-state index contributed by atoms with van der Waals surface area (Å²) in [6.07, 6.45) is 6.03. The maximum absolute atomic E-state index is 12.8. The van der Waals surface area contributed by atoms with Crippen LogP contribution in [0.3, 0.4) is 0 Å². The fourth-order valence-electron chi connectivity index (χ4n) is 3.41. The quantitative estimate of drug-likeness (QED) is 0.387. The Morgan fingerprint density at radius 3 is 2.61 bits per heavy atom. The summed E-state index contributed by atoms with van der Waals surface area (Å²) in [6, 6.07) is 6.41. The third-order valence-corrected chi connectivity index (χ3v) is 5.02. The molecule has 1 aliphatic heterocycles. The molecule has 4 N–H and O–H groups in total. The molecule has 1 aromatic carbocycles. The Labute approximate surface area is 177 Å². The minimum atomic E-state index is -0.513. The molecule has 1 fully saturated rings. The number of hydrazone groups is 1. The Morgan fingerprint density at radius 2 is 1.94 bits per heavy atom. The van der Waals surface area contributed by atoms with Gasteiger partial charge in [0.2, 0.25) is 11.6 Å². The number of carbonyl (C=O) groups excluding carboxylic acids is 1. The fourth-order valence-corrected chi connectivity index (χ4v) is 3.41. The first-order valence-corrected chi connectivity index (χ1v) is 9.99. The molecule has 3 aromatic rings. The second-order valence-corrected chi connectivity index (χ2v) is 7.25. The summed E-state index contributed by atoms with van der Waals surface area (Å²) in [5, 5.41) is 28.8. The number of benzene rings is 1. The second-order valence-electron chi connectivity index (χ2n) is 7.25. The zero-order valence-electron chi connectivity index (χ0n) is 16.8. The van der Waals surface area contributed by atoms with E-state index >= 15 is 0 Å². The number of hydrogen-bond donors (Lipinski definition) is 3. The number of rotatable bonds is 6. The van der Waals surface area contributed by atoms with Gasteiger partial charge in [-0.05, 0) is 66.1 Å². The van der Waals surface area contributed by atoms with Crippen molar-refractivity contribution >= 4 is 17.9 Å². The average molecular weight is 425 g/mol. The van der Waals surface area contributed by atoms with E-state index in [1.807, 2.05) is 0 Å². The SMILES string of the molecule is Nc1nonc1-n1nnc(C(=O)N/N=C/c2ccc(O)cc2)c1CN1CCCCCC1. The number of aromatic nitrogens is 5. The standard InChI is InChI=1S/C19H23N9O3/c20-17-18(25-31-24-17)28-15(12-27-9-3-1-2-4-10-27)16(22-26-28)19(30)23-21-11-13-5-7-14(29)8-6-13/h5-8,11,29H,1-4,9-10,12H2,(H2,20,24)(H,23,30)/b21-11+. The molecule has 0 unspecified atom stereocenters. The van der Waals surface area contributed by atoms with Gasteiger partial charge in [0, 0.05) is 6.54 Å². The molecule has 0 aliphatic carbocycles. The summed E-state index contributed by atoms with van der Waals surface area (Å²) in [4.78, 5) is 15.0. The summed E-state index contributed by atoms with van der Waals surface area (Å²) in [5.74, 6) is -0.123. The van der Waals surface area contributed by atoms with Crippen LogP contribution in [-0.2, 0) is 6.54 Å². The predicted octanol–water partition coefficient (Wildman–Crippen LogP) is 1.08. The van der Waals surface area contributed by atoms with Gasteiger partial charge in [-0.2, -0.15) is 9.78 Å². The second kappa shape index (κ2) is 9.34. The third-order valence-electron chi connectivity index (χ3n) is 5.02. The van der Waals surface area contributed by atoms with Gasteiger partial charge in [0.15, 0.2) is 5.69 Å². The molecular weight excluding hydrogens is 402 g/mol. The summed E-state index contributed by atoms with van der Waals surface area (Å²) >= 11 is 0. The highest BCUT2D eigenvalue weighted by atomic mass is 16.6. The Bertz CT molecular complexity index is 1050. The molecule has 1 amide bonds. The molecule has 0 spiro atoms. The topological polar surface area (TPSA) is 161 Å². The molecule has 1 saturated heterocycles. The molecular formula is C19H23N9O3. The van der Waals surface area contributed by atoms with E-state index in [1.54, 1.807) is 12.1 Å². The van der Waals surface area contributed by atoms with Gasteiger partial charge >= 0.3 is 0 Å². The smallest absolute Gasteiger partial charge is 0.293 e. The van der Waals surface area contributed by atoms with Gasteiger partial charge < -0.3 is 10.8 Å². The number of carbonyl (C=O) groups is 1. The zero-order valence-corrected chi connectivity index (χ0v) is 16.8. The van der Waals surface area contributed by atoms with Crippen LogP contribution in [0.2, 0.25) is 0 Å². The highest BCUT2D eigenvalue weighted by Gasteiger charge is 2.25. The van der Waals surface area contributed by atoms with Crippen LogP contribution < -0.4 is 11.2 Å². The molecule has 4 rings (SSSR count). The monoisotopic (exact) mass is 425 g/mol. The number of phenolic OH excluding ortho intramolecular Hbond substituents is 1. The lowest BCUT2D eigenvalue weighted by atomic mass is 10.2. The first-order chi connectivity index (χ1) is 15.1. The Kier molecular flexibility index (Phi) is 6.17. The van der Waals surface area contributed by atoms with Crippen molar-refractivity contribution in [2.24, 2.45) is 5.10 Å². The number of nitrogens with one attached hydrogen (secondary N) is 1. The first-order valence-electron chi connectivity index (χ1n) is 9.99. The average Bonchev–Trinajstić information content (AvgIpc) is 3.27. The Balaban J connectivity index is 1.56. The molecule has 0 radical (unpaired) electrons. The number of hydrogen-bond acceptors (Lipinski definition) is 10. The fraction of sp³-hybridized carbons (Fsp3) is 0.368. The van der Waals surface area contributed by atoms with Crippen LogP contribution in [0.15, 0.2) is 34.0 Å². The highest BCUT2D eigenvalue weighted by Crippen LogP contribution is 2.19. The largest absolute Gasteiger partial charge is 0.508 e. The molecule has 12 nitrogen and oxygen atoms in total. The van der Waals surface area contributed by atoms with Crippen molar-refractivity contribution in [2.75, 3.05) is 18.8 Å². The summed E-state index contributed by atoms with van der Waals surface area (Å²) < 4.78 is 6.07. The first kappa shape index (κ1) is 20.5. The molecule has 2 aromatic heterocycles. The van der Waals surface area contributed by atoms with Crippen molar-refractivity contribution in [1.82, 2.24) is 35.6 Å². The maximum Gasteiger partial charge on any atom is 0.293 e. The number of amides is 1. The lowest BCUT2D eigenvalue weighted by Crippen LogP contribution is -2.28. The van der Waals surface area contributed by atoms with Gasteiger partial charge in [-0.15, -0.1) is 5.10 Å². The molecule has 1 aliphatic rings. The summed E-state index contributed by atoms with van der Waals surface area (Å²) in [7, 11) is 0. The van der Waals surface area contributed by atoms with E-state index in [9.17, 15) is 9.90 Å². The van der Waals surface area contributed by atoms with E-state index in [-0.39, 0.29) is 23.1 Å². The van der Waals surface area contributed by atoms with Crippen LogP contribution in [0.1, 0.15) is 47.4 Å². The van der Waals surface area contributed by atoms with Crippen molar-refractivity contribution in [2.45, 2.75) is 32.2 Å². The number of phenols is 1. The molecule has 0 bridgehead atoms. The minimum absolute atomic E-state index is 0.0549. The zero-order chi connectivity index (χ0) is 21.6. The number of nitrogens with two attached hydrogens (primary N) is 1. The van der Waals surface area contributed by atoms with Gasteiger partial charge in [0.1, 0.15) is 5.75 Å². The Morgan fingerprint density at radius 1 is 1.19 bits per heavy atom. The molecule has 3 heterocycles. The summed E-state index contributed by atoms with van der Waals surface area (Å²) in [6.45, 7) is 2.28. The normalized spacial score (nSPS) is 15.2. The molecule has 31 heavy (non-hydrogen) atoms.